The molecule has 14 heavy (non-hydrogen) atoms. The average Bonchev–Trinajstić information content (AvgIpc) is 2.02. The highest BCUT2D eigenvalue weighted by atomic mass is 14.7. The molecule has 0 N–H and O–H groups in total. The van der Waals surface area contributed by atoms with Crippen molar-refractivity contribution in [2.45, 2.75) is 47.0 Å². The Balaban J connectivity index is 2.73. The van der Waals surface area contributed by atoms with Gasteiger partial charge in [-0.05, 0) is 36.0 Å². The van der Waals surface area contributed by atoms with Gasteiger partial charge in [0.1, 0.15) is 0 Å². The number of pyridine rings is 1. The Morgan fingerprint density at radius 2 is 2.00 bits per heavy atom. The second-order valence-electron chi connectivity index (χ2n) is 5.14. The summed E-state index contributed by atoms with van der Waals surface area (Å²) in [6, 6.07) is 4.37. The van der Waals surface area contributed by atoms with Crippen molar-refractivity contribution in [2.75, 3.05) is 0 Å². The quantitative estimate of drug-likeness (QED) is 0.711. The fourth-order valence-corrected chi connectivity index (χ4v) is 1.61. The Hall–Kier alpha value is -0.850. The van der Waals surface area contributed by atoms with Gasteiger partial charge < -0.3 is 0 Å². The molecule has 0 bridgehead atoms. The van der Waals surface area contributed by atoms with E-state index < -0.39 is 0 Å². The van der Waals surface area contributed by atoms with Crippen LogP contribution in [0.1, 0.15) is 45.4 Å². The molecule has 0 radical (unpaired) electrons. The van der Waals surface area contributed by atoms with E-state index in [1.165, 1.54) is 24.1 Å². The first-order chi connectivity index (χ1) is 6.51. The third-order valence-electron chi connectivity index (χ3n) is 2.13. The van der Waals surface area contributed by atoms with Gasteiger partial charge in [-0.25, -0.2) is 0 Å². The van der Waals surface area contributed by atoms with Crippen molar-refractivity contribution in [1.82, 2.24) is 4.98 Å². The van der Waals surface area contributed by atoms with Gasteiger partial charge in [-0.15, -0.1) is 0 Å². The first kappa shape index (κ1) is 11.2. The van der Waals surface area contributed by atoms with Crippen molar-refractivity contribution in [2.24, 2.45) is 5.41 Å². The molecule has 0 aliphatic carbocycles. The lowest BCUT2D eigenvalue weighted by Crippen LogP contribution is -2.10. The predicted octanol–water partition coefficient (Wildman–Crippen LogP) is 3.62. The minimum atomic E-state index is 0.331. The molecule has 1 aromatic rings. The molecule has 1 heteroatoms. The van der Waals surface area contributed by atoms with Crippen LogP contribution in [0.2, 0.25) is 0 Å². The van der Waals surface area contributed by atoms with Crippen molar-refractivity contribution in [3.63, 3.8) is 0 Å². The summed E-state index contributed by atoms with van der Waals surface area (Å²) >= 11 is 0. The second-order valence-corrected chi connectivity index (χ2v) is 5.14. The van der Waals surface area contributed by atoms with Crippen molar-refractivity contribution < 1.29 is 0 Å². The van der Waals surface area contributed by atoms with Crippen molar-refractivity contribution in [3.05, 3.63) is 29.6 Å². The first-order valence-electron chi connectivity index (χ1n) is 5.45. The zero-order valence-electron chi connectivity index (χ0n) is 9.80. The molecular formula is C13H21N. The maximum atomic E-state index is 4.41. The minimum Gasteiger partial charge on any atom is -0.261 e. The monoisotopic (exact) mass is 191 g/mol. The van der Waals surface area contributed by atoms with Gasteiger partial charge in [-0.2, -0.15) is 0 Å². The summed E-state index contributed by atoms with van der Waals surface area (Å²) in [5.74, 6) is 0. The van der Waals surface area contributed by atoms with E-state index in [9.17, 15) is 0 Å². The molecule has 0 unspecified atom stereocenters. The van der Waals surface area contributed by atoms with Crippen LogP contribution in [0.4, 0.5) is 0 Å². The third kappa shape index (κ3) is 3.91. The zero-order valence-corrected chi connectivity index (χ0v) is 9.80. The highest BCUT2D eigenvalue weighted by molar-refractivity contribution is 5.17. The maximum Gasteiger partial charge on any atom is 0.0411 e. The summed E-state index contributed by atoms with van der Waals surface area (Å²) in [6.45, 7) is 8.97. The van der Waals surface area contributed by atoms with Gasteiger partial charge in [0, 0.05) is 11.9 Å². The van der Waals surface area contributed by atoms with Gasteiger partial charge in [-0.3, -0.25) is 4.98 Å². The minimum absolute atomic E-state index is 0.331. The molecule has 0 aliphatic heterocycles. The van der Waals surface area contributed by atoms with E-state index in [4.69, 9.17) is 0 Å². The molecule has 0 fully saturated rings. The average molecular weight is 191 g/mol. The van der Waals surface area contributed by atoms with Crippen LogP contribution in [-0.2, 0) is 12.8 Å². The SMILES string of the molecule is CCCc1ccnc(CC(C)(C)C)c1. The number of aryl methyl sites for hydroxylation is 1. The van der Waals surface area contributed by atoms with E-state index in [0.717, 1.165) is 6.42 Å². The molecule has 0 aromatic carbocycles. The Morgan fingerprint density at radius 3 is 2.57 bits per heavy atom. The highest BCUT2D eigenvalue weighted by Gasteiger charge is 2.12. The predicted molar refractivity (Wildman–Crippen MR) is 61.4 cm³/mol. The van der Waals surface area contributed by atoms with Crippen LogP contribution >= 0.6 is 0 Å². The summed E-state index contributed by atoms with van der Waals surface area (Å²) in [4.78, 5) is 4.41. The fourth-order valence-electron chi connectivity index (χ4n) is 1.61. The third-order valence-corrected chi connectivity index (χ3v) is 2.13. The van der Waals surface area contributed by atoms with Gasteiger partial charge >= 0.3 is 0 Å². The highest BCUT2D eigenvalue weighted by Crippen LogP contribution is 2.19. The van der Waals surface area contributed by atoms with Gasteiger partial charge in [0.2, 0.25) is 0 Å². The maximum absolute atomic E-state index is 4.41. The Morgan fingerprint density at radius 1 is 1.29 bits per heavy atom. The summed E-state index contributed by atoms with van der Waals surface area (Å²) < 4.78 is 0. The Kier molecular flexibility index (Phi) is 3.68. The second kappa shape index (κ2) is 4.59. The molecule has 0 aliphatic rings. The topological polar surface area (TPSA) is 12.9 Å². The molecule has 1 rings (SSSR count). The molecule has 0 atom stereocenters. The number of hydrogen-bond acceptors (Lipinski definition) is 1. The lowest BCUT2D eigenvalue weighted by Gasteiger charge is -2.17. The molecule has 1 aromatic heterocycles. The van der Waals surface area contributed by atoms with Crippen LogP contribution in [0.15, 0.2) is 18.3 Å². The lowest BCUT2D eigenvalue weighted by molar-refractivity contribution is 0.406. The van der Waals surface area contributed by atoms with Gasteiger partial charge in [0.15, 0.2) is 0 Å². The summed E-state index contributed by atoms with van der Waals surface area (Å²) in [5.41, 5.74) is 2.97. The summed E-state index contributed by atoms with van der Waals surface area (Å²) in [5, 5.41) is 0. The zero-order chi connectivity index (χ0) is 10.6. The van der Waals surface area contributed by atoms with Gasteiger partial charge in [0.25, 0.3) is 0 Å². The van der Waals surface area contributed by atoms with E-state index in [2.05, 4.69) is 44.8 Å². The first-order valence-corrected chi connectivity index (χ1v) is 5.45. The van der Waals surface area contributed by atoms with Crippen molar-refractivity contribution >= 4 is 0 Å². The van der Waals surface area contributed by atoms with E-state index >= 15 is 0 Å². The smallest absolute Gasteiger partial charge is 0.0411 e. The van der Waals surface area contributed by atoms with Gasteiger partial charge in [-0.1, -0.05) is 34.1 Å². The van der Waals surface area contributed by atoms with E-state index in [1.807, 2.05) is 6.20 Å². The van der Waals surface area contributed by atoms with Crippen LogP contribution in [0.25, 0.3) is 0 Å². The molecule has 0 saturated carbocycles. The van der Waals surface area contributed by atoms with Crippen molar-refractivity contribution in [3.8, 4) is 0 Å². The van der Waals surface area contributed by atoms with Crippen molar-refractivity contribution in [1.29, 1.82) is 0 Å². The molecule has 78 valence electrons. The number of rotatable bonds is 3. The standard InChI is InChI=1S/C13H21N/c1-5-6-11-7-8-14-12(9-11)10-13(2,3)4/h7-9H,5-6,10H2,1-4H3. The number of aromatic nitrogens is 1. The number of nitrogens with zero attached hydrogens (tertiary/aromatic N) is 1. The molecule has 1 heterocycles. The van der Waals surface area contributed by atoms with Crippen LogP contribution < -0.4 is 0 Å². The summed E-state index contributed by atoms with van der Waals surface area (Å²) in [7, 11) is 0. The van der Waals surface area contributed by atoms with Crippen LogP contribution in [0, 0.1) is 5.41 Å². The number of hydrogen-bond donors (Lipinski definition) is 0. The Bertz CT molecular complexity index is 284. The fraction of sp³-hybridized carbons (Fsp3) is 0.615. The molecule has 0 saturated heterocycles. The van der Waals surface area contributed by atoms with Crippen LogP contribution in [-0.4, -0.2) is 4.98 Å². The molecular weight excluding hydrogens is 170 g/mol. The van der Waals surface area contributed by atoms with Crippen LogP contribution in [0.5, 0.6) is 0 Å². The molecule has 1 nitrogen and oxygen atoms in total. The Labute approximate surface area is 87.6 Å². The van der Waals surface area contributed by atoms with E-state index in [1.54, 1.807) is 0 Å². The van der Waals surface area contributed by atoms with Gasteiger partial charge in [0.05, 0.1) is 0 Å². The molecule has 0 spiro atoms. The largest absolute Gasteiger partial charge is 0.261 e. The lowest BCUT2D eigenvalue weighted by atomic mass is 9.90. The van der Waals surface area contributed by atoms with E-state index in [-0.39, 0.29) is 0 Å². The molecule has 0 amide bonds. The van der Waals surface area contributed by atoms with Crippen LogP contribution in [0.3, 0.4) is 0 Å². The normalized spacial score (nSPS) is 11.7. The summed E-state index contributed by atoms with van der Waals surface area (Å²) in [6.07, 6.45) is 5.37. The van der Waals surface area contributed by atoms with E-state index in [0.29, 0.717) is 5.41 Å².